The SMILES string of the molecule is CN1CC(C(=O)Nc2cccc(Nc3ccc4c(/C=C/c5ccccc5)n[nH]c4c3)c2)CC1=O. The van der Waals surface area contributed by atoms with E-state index in [0.717, 1.165) is 33.5 Å². The number of rotatable bonds is 6. The summed E-state index contributed by atoms with van der Waals surface area (Å²) in [5.41, 5.74) is 5.37. The number of hydrogen-bond donors (Lipinski definition) is 3. The van der Waals surface area contributed by atoms with Crippen molar-refractivity contribution in [3.8, 4) is 0 Å². The Morgan fingerprint density at radius 1 is 1.00 bits per heavy atom. The van der Waals surface area contributed by atoms with Gasteiger partial charge in [0.1, 0.15) is 0 Å². The molecule has 0 radical (unpaired) electrons. The molecule has 7 nitrogen and oxygen atoms in total. The molecule has 3 N–H and O–H groups in total. The number of carbonyl (C=O) groups is 2. The first kappa shape index (κ1) is 21.5. The molecule has 1 unspecified atom stereocenters. The largest absolute Gasteiger partial charge is 0.355 e. The predicted molar refractivity (Wildman–Crippen MR) is 136 cm³/mol. The van der Waals surface area contributed by atoms with Gasteiger partial charge in [-0.1, -0.05) is 42.5 Å². The second-order valence-corrected chi connectivity index (χ2v) is 8.48. The lowest BCUT2D eigenvalue weighted by molar-refractivity contribution is -0.127. The lowest BCUT2D eigenvalue weighted by atomic mass is 10.1. The van der Waals surface area contributed by atoms with E-state index in [1.54, 1.807) is 11.9 Å². The van der Waals surface area contributed by atoms with Crippen LogP contribution in [-0.4, -0.2) is 40.5 Å². The maximum Gasteiger partial charge on any atom is 0.229 e. The molecule has 7 heteroatoms. The quantitative estimate of drug-likeness (QED) is 0.389. The summed E-state index contributed by atoms with van der Waals surface area (Å²) in [6.07, 6.45) is 4.30. The van der Waals surface area contributed by atoms with Gasteiger partial charge in [-0.05, 0) is 48.0 Å². The molecule has 4 aromatic rings. The molecule has 1 saturated heterocycles. The van der Waals surface area contributed by atoms with E-state index in [-0.39, 0.29) is 24.2 Å². The number of amides is 2. The number of aromatic amines is 1. The van der Waals surface area contributed by atoms with Gasteiger partial charge in [-0.3, -0.25) is 14.7 Å². The van der Waals surface area contributed by atoms with Crippen LogP contribution in [0.1, 0.15) is 17.7 Å². The van der Waals surface area contributed by atoms with Gasteiger partial charge < -0.3 is 15.5 Å². The molecule has 5 rings (SSSR count). The van der Waals surface area contributed by atoms with E-state index in [1.165, 1.54) is 0 Å². The molecule has 34 heavy (non-hydrogen) atoms. The van der Waals surface area contributed by atoms with E-state index in [1.807, 2.05) is 72.8 Å². The van der Waals surface area contributed by atoms with Crippen LogP contribution in [0.4, 0.5) is 17.1 Å². The molecule has 0 aliphatic carbocycles. The highest BCUT2D eigenvalue weighted by Gasteiger charge is 2.32. The minimum absolute atomic E-state index is 0.00322. The predicted octanol–water partition coefficient (Wildman–Crippen LogP) is 4.89. The molecule has 2 amide bonds. The Bertz CT molecular complexity index is 1380. The zero-order valence-electron chi connectivity index (χ0n) is 18.8. The molecule has 0 saturated carbocycles. The van der Waals surface area contributed by atoms with Crippen molar-refractivity contribution in [2.75, 3.05) is 24.2 Å². The fourth-order valence-corrected chi connectivity index (χ4v) is 4.11. The summed E-state index contributed by atoms with van der Waals surface area (Å²) in [6, 6.07) is 23.7. The number of anilines is 3. The minimum Gasteiger partial charge on any atom is -0.355 e. The molecule has 2 heterocycles. The summed E-state index contributed by atoms with van der Waals surface area (Å²) < 4.78 is 0. The summed E-state index contributed by atoms with van der Waals surface area (Å²) in [6.45, 7) is 0.454. The zero-order chi connectivity index (χ0) is 23.5. The molecule has 1 aliphatic rings. The van der Waals surface area contributed by atoms with Gasteiger partial charge in [0, 0.05) is 42.5 Å². The smallest absolute Gasteiger partial charge is 0.229 e. The number of nitrogens with one attached hydrogen (secondary N) is 3. The van der Waals surface area contributed by atoms with Crippen molar-refractivity contribution in [1.82, 2.24) is 15.1 Å². The number of H-pyrrole nitrogens is 1. The van der Waals surface area contributed by atoms with E-state index in [9.17, 15) is 9.59 Å². The van der Waals surface area contributed by atoms with E-state index in [0.29, 0.717) is 12.2 Å². The fraction of sp³-hybridized carbons (Fsp3) is 0.148. The highest BCUT2D eigenvalue weighted by molar-refractivity contribution is 5.97. The van der Waals surface area contributed by atoms with Crippen LogP contribution < -0.4 is 10.6 Å². The maximum absolute atomic E-state index is 12.5. The molecule has 170 valence electrons. The molecule has 1 atom stereocenters. The average molecular weight is 452 g/mol. The van der Waals surface area contributed by atoms with Crippen LogP contribution in [-0.2, 0) is 9.59 Å². The first-order chi connectivity index (χ1) is 16.5. The summed E-state index contributed by atoms with van der Waals surface area (Å²) in [7, 11) is 1.72. The Labute approximate surface area is 197 Å². The highest BCUT2D eigenvalue weighted by atomic mass is 16.2. The van der Waals surface area contributed by atoms with Crippen LogP contribution in [0.15, 0.2) is 72.8 Å². The lowest BCUT2D eigenvalue weighted by Gasteiger charge is -2.13. The molecule has 1 fully saturated rings. The molecule has 0 spiro atoms. The second-order valence-electron chi connectivity index (χ2n) is 8.48. The number of carbonyl (C=O) groups excluding carboxylic acids is 2. The highest BCUT2D eigenvalue weighted by Crippen LogP contribution is 2.26. The van der Waals surface area contributed by atoms with Crippen molar-refractivity contribution in [3.05, 3.63) is 84.1 Å². The number of fused-ring (bicyclic) bond motifs is 1. The number of hydrogen-bond acceptors (Lipinski definition) is 4. The Morgan fingerprint density at radius 2 is 1.79 bits per heavy atom. The van der Waals surface area contributed by atoms with Gasteiger partial charge in [-0.15, -0.1) is 0 Å². The standard InChI is InChI=1S/C27H25N5O2/c1-32-17-19(14-26(32)33)27(34)29-21-9-5-8-20(15-21)28-22-11-12-23-24(30-31-25(23)16-22)13-10-18-6-3-2-4-7-18/h2-13,15-16,19,28H,14,17H2,1H3,(H,29,34)(H,30,31)/b13-10+. The third kappa shape index (κ3) is 4.68. The monoisotopic (exact) mass is 451 g/mol. The van der Waals surface area contributed by atoms with E-state index >= 15 is 0 Å². The van der Waals surface area contributed by atoms with Gasteiger partial charge in [-0.2, -0.15) is 5.10 Å². The van der Waals surface area contributed by atoms with Crippen LogP contribution in [0.2, 0.25) is 0 Å². The third-order valence-electron chi connectivity index (χ3n) is 5.96. The normalized spacial score (nSPS) is 15.9. The molecular formula is C27H25N5O2. The minimum atomic E-state index is -0.318. The molecule has 1 aliphatic heterocycles. The van der Waals surface area contributed by atoms with Crippen LogP contribution in [0.5, 0.6) is 0 Å². The van der Waals surface area contributed by atoms with Crippen LogP contribution >= 0.6 is 0 Å². The average Bonchev–Trinajstić information content (AvgIpc) is 3.41. The zero-order valence-corrected chi connectivity index (χ0v) is 18.8. The van der Waals surface area contributed by atoms with Gasteiger partial charge in [0.15, 0.2) is 0 Å². The van der Waals surface area contributed by atoms with Crippen molar-refractivity contribution in [2.45, 2.75) is 6.42 Å². The summed E-state index contributed by atoms with van der Waals surface area (Å²) in [5, 5.41) is 14.9. The van der Waals surface area contributed by atoms with Gasteiger partial charge in [0.25, 0.3) is 0 Å². The van der Waals surface area contributed by atoms with Gasteiger partial charge >= 0.3 is 0 Å². The van der Waals surface area contributed by atoms with Crippen LogP contribution in [0, 0.1) is 5.92 Å². The fourth-order valence-electron chi connectivity index (χ4n) is 4.11. The summed E-state index contributed by atoms with van der Waals surface area (Å²) >= 11 is 0. The number of benzene rings is 3. The van der Waals surface area contributed by atoms with Gasteiger partial charge in [0.05, 0.1) is 17.1 Å². The van der Waals surface area contributed by atoms with Crippen molar-refractivity contribution < 1.29 is 9.59 Å². The third-order valence-corrected chi connectivity index (χ3v) is 5.96. The van der Waals surface area contributed by atoms with Gasteiger partial charge in [-0.25, -0.2) is 0 Å². The van der Waals surface area contributed by atoms with Crippen molar-refractivity contribution in [1.29, 1.82) is 0 Å². The van der Waals surface area contributed by atoms with Crippen LogP contribution in [0.3, 0.4) is 0 Å². The van der Waals surface area contributed by atoms with Crippen LogP contribution in [0.25, 0.3) is 23.1 Å². The maximum atomic E-state index is 12.5. The summed E-state index contributed by atoms with van der Waals surface area (Å²) in [4.78, 5) is 25.9. The Kier molecular flexibility index (Phi) is 5.82. The molecular weight excluding hydrogens is 426 g/mol. The Balaban J connectivity index is 1.27. The van der Waals surface area contributed by atoms with E-state index in [4.69, 9.17) is 0 Å². The Morgan fingerprint density at radius 3 is 2.59 bits per heavy atom. The molecule has 1 aromatic heterocycles. The van der Waals surface area contributed by atoms with E-state index in [2.05, 4.69) is 33.0 Å². The number of aromatic nitrogens is 2. The molecule has 0 bridgehead atoms. The van der Waals surface area contributed by atoms with Crippen molar-refractivity contribution in [3.63, 3.8) is 0 Å². The number of nitrogens with zero attached hydrogens (tertiary/aromatic N) is 2. The Hall–Kier alpha value is -4.39. The van der Waals surface area contributed by atoms with Gasteiger partial charge in [0.2, 0.25) is 11.8 Å². The lowest BCUT2D eigenvalue weighted by Crippen LogP contribution is -2.25. The number of likely N-dealkylation sites (tertiary alicyclic amines) is 1. The van der Waals surface area contributed by atoms with E-state index < -0.39 is 0 Å². The topological polar surface area (TPSA) is 90.1 Å². The first-order valence-corrected chi connectivity index (χ1v) is 11.2. The molecule has 3 aromatic carbocycles. The second kappa shape index (κ2) is 9.23. The van der Waals surface area contributed by atoms with Crippen molar-refractivity contribution >= 4 is 51.9 Å². The first-order valence-electron chi connectivity index (χ1n) is 11.2. The van der Waals surface area contributed by atoms with Crippen molar-refractivity contribution in [2.24, 2.45) is 5.92 Å². The summed E-state index contributed by atoms with van der Waals surface area (Å²) in [5.74, 6) is -0.449.